The molecule has 1 aromatic heterocycles. The van der Waals surface area contributed by atoms with Crippen LogP contribution in [0.2, 0.25) is 5.02 Å². The molecule has 68 valence electrons. The highest BCUT2D eigenvalue weighted by Crippen LogP contribution is 2.30. The van der Waals surface area contributed by atoms with E-state index in [9.17, 15) is 0 Å². The summed E-state index contributed by atoms with van der Waals surface area (Å²) < 4.78 is 1.17. The Labute approximate surface area is 85.6 Å². The predicted molar refractivity (Wildman–Crippen MR) is 58.9 cm³/mol. The van der Waals surface area contributed by atoms with Crippen LogP contribution in [0.15, 0.2) is 12.1 Å². The van der Waals surface area contributed by atoms with Crippen LogP contribution in [-0.4, -0.2) is 12.0 Å². The van der Waals surface area contributed by atoms with Crippen LogP contribution in [0.5, 0.6) is 0 Å². The molecule has 1 heterocycles. The summed E-state index contributed by atoms with van der Waals surface area (Å²) in [6.07, 6.45) is 0. The van der Waals surface area contributed by atoms with Gasteiger partial charge in [-0.05, 0) is 19.1 Å². The molecule has 0 aliphatic heterocycles. The van der Waals surface area contributed by atoms with Crippen LogP contribution in [0.4, 0.5) is 5.69 Å². The molecule has 0 amide bonds. The minimum absolute atomic E-state index is 0.723. The normalized spacial score (nSPS) is 10.7. The molecule has 0 spiro atoms. The van der Waals surface area contributed by atoms with E-state index >= 15 is 0 Å². The Morgan fingerprint density at radius 3 is 2.92 bits per heavy atom. The van der Waals surface area contributed by atoms with Gasteiger partial charge >= 0.3 is 0 Å². The second-order valence-electron chi connectivity index (χ2n) is 2.78. The van der Waals surface area contributed by atoms with E-state index in [1.807, 2.05) is 26.1 Å². The summed E-state index contributed by atoms with van der Waals surface area (Å²) in [6.45, 7) is 2.00. The number of rotatable bonds is 1. The van der Waals surface area contributed by atoms with Gasteiger partial charge in [-0.25, -0.2) is 4.98 Å². The highest BCUT2D eigenvalue weighted by molar-refractivity contribution is 7.18. The van der Waals surface area contributed by atoms with E-state index in [4.69, 9.17) is 11.6 Å². The van der Waals surface area contributed by atoms with Crippen molar-refractivity contribution in [3.63, 3.8) is 0 Å². The van der Waals surface area contributed by atoms with E-state index in [2.05, 4.69) is 10.3 Å². The lowest BCUT2D eigenvalue weighted by atomic mass is 10.3. The quantitative estimate of drug-likeness (QED) is 0.785. The zero-order valence-corrected chi connectivity index (χ0v) is 8.96. The molecule has 1 N–H and O–H groups in total. The minimum atomic E-state index is 0.723. The van der Waals surface area contributed by atoms with Gasteiger partial charge in [0.2, 0.25) is 0 Å². The van der Waals surface area contributed by atoms with Gasteiger partial charge in [-0.2, -0.15) is 0 Å². The fraction of sp³-hybridized carbons (Fsp3) is 0.222. The average Bonchev–Trinajstić information content (AvgIpc) is 2.42. The molecule has 13 heavy (non-hydrogen) atoms. The average molecular weight is 213 g/mol. The van der Waals surface area contributed by atoms with Gasteiger partial charge < -0.3 is 5.32 Å². The summed E-state index contributed by atoms with van der Waals surface area (Å²) in [4.78, 5) is 4.36. The Kier molecular flexibility index (Phi) is 2.14. The lowest BCUT2D eigenvalue weighted by molar-refractivity contribution is 1.35. The maximum absolute atomic E-state index is 6.01. The van der Waals surface area contributed by atoms with Crippen LogP contribution in [0, 0.1) is 6.92 Å². The number of nitrogens with zero attached hydrogens (tertiary/aromatic N) is 1. The lowest BCUT2D eigenvalue weighted by Crippen LogP contribution is -1.87. The van der Waals surface area contributed by atoms with Gasteiger partial charge in [-0.15, -0.1) is 11.3 Å². The molecule has 0 unspecified atom stereocenters. The Morgan fingerprint density at radius 1 is 1.46 bits per heavy atom. The second kappa shape index (κ2) is 3.16. The number of thiazole rings is 1. The van der Waals surface area contributed by atoms with E-state index < -0.39 is 0 Å². The van der Waals surface area contributed by atoms with Gasteiger partial charge in [-0.1, -0.05) is 11.6 Å². The van der Waals surface area contributed by atoms with Gasteiger partial charge in [0.05, 0.1) is 25.9 Å². The third-order valence-corrected chi connectivity index (χ3v) is 3.10. The number of nitrogens with one attached hydrogen (secondary N) is 1. The summed E-state index contributed by atoms with van der Waals surface area (Å²) in [5, 5.41) is 4.83. The van der Waals surface area contributed by atoms with Crippen molar-refractivity contribution in [1.82, 2.24) is 4.98 Å². The van der Waals surface area contributed by atoms with Crippen molar-refractivity contribution in [2.75, 3.05) is 12.4 Å². The molecule has 0 saturated carbocycles. The smallest absolute Gasteiger partial charge is 0.0907 e. The van der Waals surface area contributed by atoms with Crippen molar-refractivity contribution in [3.8, 4) is 0 Å². The number of benzene rings is 1. The van der Waals surface area contributed by atoms with Gasteiger partial charge in [0, 0.05) is 7.05 Å². The molecule has 0 aliphatic carbocycles. The van der Waals surface area contributed by atoms with Gasteiger partial charge in [0.1, 0.15) is 0 Å². The van der Waals surface area contributed by atoms with Crippen LogP contribution in [0.25, 0.3) is 10.2 Å². The van der Waals surface area contributed by atoms with E-state index in [0.717, 1.165) is 21.2 Å². The topological polar surface area (TPSA) is 24.9 Å². The van der Waals surface area contributed by atoms with E-state index in [1.165, 1.54) is 4.70 Å². The maximum atomic E-state index is 6.01. The maximum Gasteiger partial charge on any atom is 0.0907 e. The zero-order chi connectivity index (χ0) is 9.42. The Morgan fingerprint density at radius 2 is 2.23 bits per heavy atom. The molecule has 4 heteroatoms. The zero-order valence-electron chi connectivity index (χ0n) is 7.39. The first-order valence-electron chi connectivity index (χ1n) is 3.95. The lowest BCUT2D eigenvalue weighted by Gasteiger charge is -2.01. The predicted octanol–water partition coefficient (Wildman–Crippen LogP) is 3.30. The summed E-state index contributed by atoms with van der Waals surface area (Å²) in [5.41, 5.74) is 1.93. The van der Waals surface area contributed by atoms with E-state index in [-0.39, 0.29) is 0 Å². The first-order chi connectivity index (χ1) is 6.20. The Hall–Kier alpha value is -0.800. The SMILES string of the molecule is CNc1cc2sc(C)nc2cc1Cl. The molecule has 2 rings (SSSR count). The summed E-state index contributed by atoms with van der Waals surface area (Å²) in [7, 11) is 1.86. The highest BCUT2D eigenvalue weighted by atomic mass is 35.5. The van der Waals surface area contributed by atoms with Crippen molar-refractivity contribution in [2.24, 2.45) is 0 Å². The monoisotopic (exact) mass is 212 g/mol. The van der Waals surface area contributed by atoms with Crippen molar-refractivity contribution < 1.29 is 0 Å². The fourth-order valence-corrected chi connectivity index (χ4v) is 2.36. The largest absolute Gasteiger partial charge is 0.387 e. The van der Waals surface area contributed by atoms with Crippen LogP contribution in [0.3, 0.4) is 0 Å². The number of halogens is 1. The molecule has 0 bridgehead atoms. The molecular weight excluding hydrogens is 204 g/mol. The first kappa shape index (κ1) is 8.78. The fourth-order valence-electron chi connectivity index (χ4n) is 1.26. The van der Waals surface area contributed by atoms with Crippen molar-refractivity contribution >= 4 is 38.8 Å². The Bertz CT molecular complexity index is 450. The van der Waals surface area contributed by atoms with Crippen LogP contribution in [-0.2, 0) is 0 Å². The molecule has 0 aliphatic rings. The molecule has 0 atom stereocenters. The van der Waals surface area contributed by atoms with Crippen LogP contribution in [0.1, 0.15) is 5.01 Å². The minimum Gasteiger partial charge on any atom is -0.387 e. The standard InChI is InChI=1S/C9H9ClN2S/c1-5-12-8-3-6(10)7(11-2)4-9(8)13-5/h3-4,11H,1-2H3. The molecule has 2 nitrogen and oxygen atoms in total. The molecule has 0 fully saturated rings. The number of hydrogen-bond acceptors (Lipinski definition) is 3. The molecule has 2 aromatic rings. The summed E-state index contributed by atoms with van der Waals surface area (Å²) in [6, 6.07) is 3.93. The van der Waals surface area contributed by atoms with Crippen molar-refractivity contribution in [1.29, 1.82) is 0 Å². The number of hydrogen-bond donors (Lipinski definition) is 1. The summed E-state index contributed by atoms with van der Waals surface area (Å²) >= 11 is 7.70. The number of aryl methyl sites for hydroxylation is 1. The van der Waals surface area contributed by atoms with E-state index in [0.29, 0.717) is 0 Å². The van der Waals surface area contributed by atoms with Gasteiger partial charge in [0.25, 0.3) is 0 Å². The number of fused-ring (bicyclic) bond motifs is 1. The third-order valence-electron chi connectivity index (χ3n) is 1.85. The van der Waals surface area contributed by atoms with Crippen LogP contribution >= 0.6 is 22.9 Å². The third kappa shape index (κ3) is 1.49. The molecular formula is C9H9ClN2S. The van der Waals surface area contributed by atoms with Crippen molar-refractivity contribution in [3.05, 3.63) is 22.2 Å². The number of aromatic nitrogens is 1. The van der Waals surface area contributed by atoms with E-state index in [1.54, 1.807) is 11.3 Å². The Balaban J connectivity index is 2.72. The first-order valence-corrected chi connectivity index (χ1v) is 5.14. The van der Waals surface area contributed by atoms with Crippen LogP contribution < -0.4 is 5.32 Å². The molecule has 1 aromatic carbocycles. The summed E-state index contributed by atoms with van der Waals surface area (Å²) in [5.74, 6) is 0. The second-order valence-corrected chi connectivity index (χ2v) is 4.42. The van der Waals surface area contributed by atoms with Gasteiger partial charge in [0.15, 0.2) is 0 Å². The highest BCUT2D eigenvalue weighted by Gasteiger charge is 2.04. The van der Waals surface area contributed by atoms with Gasteiger partial charge in [-0.3, -0.25) is 0 Å². The van der Waals surface area contributed by atoms with Crippen molar-refractivity contribution in [2.45, 2.75) is 6.92 Å². The molecule has 0 radical (unpaired) electrons. The molecule has 0 saturated heterocycles. The number of anilines is 1.